The standard InChI is InChI=1S/C22H30FNO2/c1-16(2)14-25-21-10-7-19(22(11-21)26-15-17(3)4)13-24-12-18-5-8-20(23)9-6-18/h5-11,16-17,24H,12-15H2,1-4H3. The predicted octanol–water partition coefficient (Wildman–Crippen LogP) is 5.19. The van der Waals surface area contributed by atoms with E-state index >= 15 is 0 Å². The molecule has 4 heteroatoms. The Morgan fingerprint density at radius 1 is 0.846 bits per heavy atom. The molecule has 2 aromatic rings. The number of hydrogen-bond donors (Lipinski definition) is 1. The molecule has 142 valence electrons. The van der Waals surface area contributed by atoms with Crippen LogP contribution in [0.15, 0.2) is 42.5 Å². The molecule has 0 aliphatic heterocycles. The highest BCUT2D eigenvalue weighted by molar-refractivity contribution is 5.41. The Hall–Kier alpha value is -2.07. The molecular formula is C22H30FNO2. The van der Waals surface area contributed by atoms with Crippen LogP contribution >= 0.6 is 0 Å². The summed E-state index contributed by atoms with van der Waals surface area (Å²) in [6.07, 6.45) is 0. The predicted molar refractivity (Wildman–Crippen MR) is 104 cm³/mol. The smallest absolute Gasteiger partial charge is 0.127 e. The second kappa shape index (κ2) is 10.2. The zero-order chi connectivity index (χ0) is 18.9. The molecule has 0 saturated heterocycles. The lowest BCUT2D eigenvalue weighted by molar-refractivity contribution is 0.256. The maximum absolute atomic E-state index is 13.0. The minimum atomic E-state index is -0.213. The number of nitrogens with one attached hydrogen (secondary N) is 1. The monoisotopic (exact) mass is 359 g/mol. The van der Waals surface area contributed by atoms with Crippen molar-refractivity contribution in [1.29, 1.82) is 0 Å². The summed E-state index contributed by atoms with van der Waals surface area (Å²) in [5, 5.41) is 3.39. The Kier molecular flexibility index (Phi) is 7.92. The van der Waals surface area contributed by atoms with Crippen LogP contribution in [0.5, 0.6) is 11.5 Å². The van der Waals surface area contributed by atoms with Crippen molar-refractivity contribution in [1.82, 2.24) is 5.32 Å². The molecule has 2 rings (SSSR count). The molecule has 0 bridgehead atoms. The van der Waals surface area contributed by atoms with E-state index in [2.05, 4.69) is 33.0 Å². The molecule has 0 saturated carbocycles. The van der Waals surface area contributed by atoms with Crippen molar-refractivity contribution in [2.24, 2.45) is 11.8 Å². The fourth-order valence-electron chi connectivity index (χ4n) is 2.37. The number of rotatable bonds is 10. The van der Waals surface area contributed by atoms with Crippen molar-refractivity contribution in [2.45, 2.75) is 40.8 Å². The van der Waals surface area contributed by atoms with Gasteiger partial charge in [0.15, 0.2) is 0 Å². The molecule has 0 radical (unpaired) electrons. The van der Waals surface area contributed by atoms with Gasteiger partial charge in [0, 0.05) is 24.7 Å². The SMILES string of the molecule is CC(C)COc1ccc(CNCc2ccc(F)cc2)c(OCC(C)C)c1. The first kappa shape index (κ1) is 20.2. The van der Waals surface area contributed by atoms with Crippen LogP contribution in [0, 0.1) is 17.7 Å². The van der Waals surface area contributed by atoms with Gasteiger partial charge in [-0.25, -0.2) is 4.39 Å². The molecule has 0 aliphatic rings. The fourth-order valence-corrected chi connectivity index (χ4v) is 2.37. The third-order valence-electron chi connectivity index (χ3n) is 3.75. The van der Waals surface area contributed by atoms with Gasteiger partial charge in [-0.05, 0) is 35.6 Å². The summed E-state index contributed by atoms with van der Waals surface area (Å²) in [4.78, 5) is 0. The highest BCUT2D eigenvalue weighted by Gasteiger charge is 2.08. The third-order valence-corrected chi connectivity index (χ3v) is 3.75. The van der Waals surface area contributed by atoms with E-state index in [1.165, 1.54) is 12.1 Å². The maximum Gasteiger partial charge on any atom is 0.127 e. The van der Waals surface area contributed by atoms with Crippen molar-refractivity contribution in [3.05, 3.63) is 59.4 Å². The molecule has 0 amide bonds. The second-order valence-electron chi connectivity index (χ2n) is 7.41. The van der Waals surface area contributed by atoms with Crippen LogP contribution in [0.1, 0.15) is 38.8 Å². The van der Waals surface area contributed by atoms with Crippen molar-refractivity contribution < 1.29 is 13.9 Å². The summed E-state index contributed by atoms with van der Waals surface area (Å²) in [7, 11) is 0. The topological polar surface area (TPSA) is 30.5 Å². The Balaban J connectivity index is 2.00. The first-order valence-corrected chi connectivity index (χ1v) is 9.27. The van der Waals surface area contributed by atoms with Crippen LogP contribution in [-0.4, -0.2) is 13.2 Å². The minimum absolute atomic E-state index is 0.213. The van der Waals surface area contributed by atoms with Crippen LogP contribution in [0.2, 0.25) is 0 Å². The van der Waals surface area contributed by atoms with E-state index in [0.717, 1.165) is 22.6 Å². The number of halogens is 1. The van der Waals surface area contributed by atoms with Crippen LogP contribution < -0.4 is 14.8 Å². The van der Waals surface area contributed by atoms with Gasteiger partial charge >= 0.3 is 0 Å². The Labute approximate surface area is 156 Å². The fraction of sp³-hybridized carbons (Fsp3) is 0.455. The summed E-state index contributed by atoms with van der Waals surface area (Å²) in [6.45, 7) is 11.2. The highest BCUT2D eigenvalue weighted by Crippen LogP contribution is 2.26. The van der Waals surface area contributed by atoms with E-state index in [0.29, 0.717) is 38.1 Å². The molecule has 0 aliphatic carbocycles. The van der Waals surface area contributed by atoms with Gasteiger partial charge in [-0.3, -0.25) is 0 Å². The van der Waals surface area contributed by atoms with Crippen LogP contribution in [0.4, 0.5) is 4.39 Å². The van der Waals surface area contributed by atoms with Gasteiger partial charge in [0.2, 0.25) is 0 Å². The van der Waals surface area contributed by atoms with Crippen molar-refractivity contribution in [3.8, 4) is 11.5 Å². The first-order chi connectivity index (χ1) is 12.4. The molecular weight excluding hydrogens is 329 g/mol. The molecule has 0 fully saturated rings. The second-order valence-corrected chi connectivity index (χ2v) is 7.41. The molecule has 0 aromatic heterocycles. The van der Waals surface area contributed by atoms with E-state index in [1.807, 2.05) is 18.2 Å². The number of ether oxygens (including phenoxy) is 2. The van der Waals surface area contributed by atoms with Crippen LogP contribution in [0.3, 0.4) is 0 Å². The van der Waals surface area contributed by atoms with Gasteiger partial charge in [0.05, 0.1) is 13.2 Å². The van der Waals surface area contributed by atoms with Gasteiger partial charge < -0.3 is 14.8 Å². The maximum atomic E-state index is 13.0. The van der Waals surface area contributed by atoms with Crippen molar-refractivity contribution in [3.63, 3.8) is 0 Å². The zero-order valence-electron chi connectivity index (χ0n) is 16.2. The van der Waals surface area contributed by atoms with Crippen molar-refractivity contribution >= 4 is 0 Å². The van der Waals surface area contributed by atoms with Gasteiger partial charge in [-0.1, -0.05) is 45.9 Å². The summed E-state index contributed by atoms with van der Waals surface area (Å²) in [6, 6.07) is 12.6. The molecule has 0 unspecified atom stereocenters. The third kappa shape index (κ3) is 7.04. The summed E-state index contributed by atoms with van der Waals surface area (Å²) >= 11 is 0. The molecule has 0 atom stereocenters. The molecule has 3 nitrogen and oxygen atoms in total. The lowest BCUT2D eigenvalue weighted by atomic mass is 10.1. The largest absolute Gasteiger partial charge is 0.493 e. The Bertz CT molecular complexity index is 668. The highest BCUT2D eigenvalue weighted by atomic mass is 19.1. The lowest BCUT2D eigenvalue weighted by Gasteiger charge is -2.16. The zero-order valence-corrected chi connectivity index (χ0v) is 16.2. The molecule has 2 aromatic carbocycles. The average Bonchev–Trinajstić information content (AvgIpc) is 2.61. The summed E-state index contributed by atoms with van der Waals surface area (Å²) < 4.78 is 24.8. The normalized spacial score (nSPS) is 11.2. The summed E-state index contributed by atoms with van der Waals surface area (Å²) in [5.41, 5.74) is 2.14. The van der Waals surface area contributed by atoms with E-state index in [-0.39, 0.29) is 5.82 Å². The average molecular weight is 359 g/mol. The lowest BCUT2D eigenvalue weighted by Crippen LogP contribution is -2.15. The molecule has 26 heavy (non-hydrogen) atoms. The van der Waals surface area contributed by atoms with Crippen molar-refractivity contribution in [2.75, 3.05) is 13.2 Å². The number of hydrogen-bond acceptors (Lipinski definition) is 3. The van der Waals surface area contributed by atoms with Gasteiger partial charge in [-0.15, -0.1) is 0 Å². The Morgan fingerprint density at radius 2 is 1.50 bits per heavy atom. The van der Waals surface area contributed by atoms with E-state index < -0.39 is 0 Å². The quantitative estimate of drug-likeness (QED) is 0.634. The van der Waals surface area contributed by atoms with E-state index in [9.17, 15) is 4.39 Å². The van der Waals surface area contributed by atoms with Gasteiger partial charge in [-0.2, -0.15) is 0 Å². The minimum Gasteiger partial charge on any atom is -0.493 e. The molecule has 0 spiro atoms. The molecule has 0 heterocycles. The van der Waals surface area contributed by atoms with Crippen LogP contribution in [-0.2, 0) is 13.1 Å². The van der Waals surface area contributed by atoms with Gasteiger partial charge in [0.1, 0.15) is 17.3 Å². The van der Waals surface area contributed by atoms with E-state index in [4.69, 9.17) is 9.47 Å². The summed E-state index contributed by atoms with van der Waals surface area (Å²) in [5.74, 6) is 2.41. The van der Waals surface area contributed by atoms with Gasteiger partial charge in [0.25, 0.3) is 0 Å². The van der Waals surface area contributed by atoms with Crippen LogP contribution in [0.25, 0.3) is 0 Å². The Morgan fingerprint density at radius 3 is 2.15 bits per heavy atom. The number of benzene rings is 2. The molecule has 1 N–H and O–H groups in total. The first-order valence-electron chi connectivity index (χ1n) is 9.27. The van der Waals surface area contributed by atoms with E-state index in [1.54, 1.807) is 12.1 Å².